The normalized spacial score (nSPS) is 29.6. The first kappa shape index (κ1) is 10.2. The average molecular weight is 204 g/mol. The molecule has 0 bridgehead atoms. The topological polar surface area (TPSA) is 37.3 Å². The van der Waals surface area contributed by atoms with Crippen molar-refractivity contribution in [2.24, 2.45) is 5.92 Å². The first-order valence-electron chi connectivity index (χ1n) is 5.38. The predicted molar refractivity (Wildman–Crippen MR) is 58.9 cm³/mol. The van der Waals surface area contributed by atoms with E-state index in [0.717, 1.165) is 24.0 Å². The van der Waals surface area contributed by atoms with Crippen LogP contribution in [0, 0.1) is 12.8 Å². The van der Waals surface area contributed by atoms with E-state index in [1.807, 2.05) is 38.1 Å². The lowest BCUT2D eigenvalue weighted by atomic mass is 9.57. The van der Waals surface area contributed by atoms with E-state index in [1.165, 1.54) is 0 Å². The number of aryl methyl sites for hydroxylation is 1. The minimum atomic E-state index is -0.674. The lowest BCUT2D eigenvalue weighted by Crippen LogP contribution is -2.49. The van der Waals surface area contributed by atoms with Gasteiger partial charge in [-0.3, -0.25) is 4.79 Å². The highest BCUT2D eigenvalue weighted by Crippen LogP contribution is 2.48. The minimum absolute atomic E-state index is 0.247. The van der Waals surface area contributed by atoms with Crippen molar-refractivity contribution in [1.29, 1.82) is 0 Å². The summed E-state index contributed by atoms with van der Waals surface area (Å²) < 4.78 is 0. The summed E-state index contributed by atoms with van der Waals surface area (Å²) in [7, 11) is 0. The van der Waals surface area contributed by atoms with Crippen molar-refractivity contribution < 1.29 is 9.90 Å². The van der Waals surface area contributed by atoms with Gasteiger partial charge in [-0.15, -0.1) is 0 Å². The van der Waals surface area contributed by atoms with Gasteiger partial charge in [0.2, 0.25) is 0 Å². The van der Waals surface area contributed by atoms with Crippen LogP contribution in [0.3, 0.4) is 0 Å². The van der Waals surface area contributed by atoms with Crippen molar-refractivity contribution >= 4 is 5.97 Å². The average Bonchev–Trinajstić information content (AvgIpc) is 2.16. The summed E-state index contributed by atoms with van der Waals surface area (Å²) >= 11 is 0. The second kappa shape index (κ2) is 3.37. The molecule has 1 aliphatic carbocycles. The van der Waals surface area contributed by atoms with E-state index in [2.05, 4.69) is 0 Å². The number of aliphatic carboxylic acids is 1. The maximum Gasteiger partial charge on any atom is 0.314 e. The molecule has 0 aromatic heterocycles. The van der Waals surface area contributed by atoms with Crippen molar-refractivity contribution in [1.82, 2.24) is 0 Å². The van der Waals surface area contributed by atoms with E-state index in [-0.39, 0.29) is 5.92 Å². The van der Waals surface area contributed by atoms with Gasteiger partial charge in [0, 0.05) is 0 Å². The number of carboxylic acid groups (broad SMARTS) is 1. The molecule has 0 radical (unpaired) electrons. The Balaban J connectivity index is 2.47. The monoisotopic (exact) mass is 204 g/mol. The van der Waals surface area contributed by atoms with Gasteiger partial charge in [0.1, 0.15) is 0 Å². The van der Waals surface area contributed by atoms with E-state index in [0.29, 0.717) is 0 Å². The molecule has 0 saturated heterocycles. The molecular weight excluding hydrogens is 188 g/mol. The Labute approximate surface area is 89.9 Å². The third-order valence-corrected chi connectivity index (χ3v) is 3.73. The largest absolute Gasteiger partial charge is 0.481 e. The van der Waals surface area contributed by atoms with Crippen LogP contribution >= 0.6 is 0 Å². The zero-order valence-electron chi connectivity index (χ0n) is 9.16. The number of rotatable bonds is 2. The molecule has 1 aromatic rings. The third kappa shape index (κ3) is 1.36. The van der Waals surface area contributed by atoms with E-state index < -0.39 is 11.4 Å². The van der Waals surface area contributed by atoms with Gasteiger partial charge < -0.3 is 5.11 Å². The molecule has 2 atom stereocenters. The summed E-state index contributed by atoms with van der Waals surface area (Å²) in [6, 6.07) is 7.89. The molecule has 0 spiro atoms. The third-order valence-electron chi connectivity index (χ3n) is 3.73. The molecule has 1 saturated carbocycles. The molecule has 15 heavy (non-hydrogen) atoms. The van der Waals surface area contributed by atoms with Crippen LogP contribution in [0.15, 0.2) is 24.3 Å². The van der Waals surface area contributed by atoms with E-state index in [1.54, 1.807) is 0 Å². The van der Waals surface area contributed by atoms with Gasteiger partial charge in [-0.1, -0.05) is 36.8 Å². The molecule has 80 valence electrons. The predicted octanol–water partition coefficient (Wildman–Crippen LogP) is 2.75. The highest BCUT2D eigenvalue weighted by Gasteiger charge is 2.51. The molecule has 2 nitrogen and oxygen atoms in total. The molecule has 0 aliphatic heterocycles. The Bertz CT molecular complexity index is 397. The molecule has 2 rings (SSSR count). The highest BCUT2D eigenvalue weighted by atomic mass is 16.4. The number of hydrogen-bond donors (Lipinski definition) is 1. The summed E-state index contributed by atoms with van der Waals surface area (Å²) in [6.07, 6.45) is 1.78. The van der Waals surface area contributed by atoms with Gasteiger partial charge in [0.05, 0.1) is 5.41 Å². The first-order valence-corrected chi connectivity index (χ1v) is 5.38. The standard InChI is InChI=1S/C13H16O2/c1-9-4-3-5-11(8-9)13(12(14)15)7-6-10(13)2/h3-5,8,10H,6-7H2,1-2H3,(H,14,15). The van der Waals surface area contributed by atoms with Crippen LogP contribution in [0.5, 0.6) is 0 Å². The second-order valence-corrected chi connectivity index (χ2v) is 4.59. The zero-order valence-corrected chi connectivity index (χ0v) is 9.16. The van der Waals surface area contributed by atoms with Gasteiger partial charge >= 0.3 is 5.97 Å². The highest BCUT2D eigenvalue weighted by molar-refractivity contribution is 5.83. The molecule has 0 amide bonds. The number of hydrogen-bond acceptors (Lipinski definition) is 1. The zero-order chi connectivity index (χ0) is 11.1. The van der Waals surface area contributed by atoms with Gasteiger partial charge in [-0.05, 0) is 31.2 Å². The Morgan fingerprint density at radius 1 is 1.53 bits per heavy atom. The van der Waals surface area contributed by atoms with Crippen LogP contribution in [-0.2, 0) is 10.2 Å². The van der Waals surface area contributed by atoms with Gasteiger partial charge in [0.15, 0.2) is 0 Å². The van der Waals surface area contributed by atoms with Crippen LogP contribution in [0.4, 0.5) is 0 Å². The van der Waals surface area contributed by atoms with Crippen LogP contribution in [-0.4, -0.2) is 11.1 Å². The van der Waals surface area contributed by atoms with Crippen molar-refractivity contribution in [2.75, 3.05) is 0 Å². The van der Waals surface area contributed by atoms with E-state index in [4.69, 9.17) is 0 Å². The number of carbonyl (C=O) groups is 1. The van der Waals surface area contributed by atoms with E-state index in [9.17, 15) is 9.90 Å². The summed E-state index contributed by atoms with van der Waals surface area (Å²) in [5.74, 6) is -0.427. The smallest absolute Gasteiger partial charge is 0.314 e. The fourth-order valence-electron chi connectivity index (χ4n) is 2.51. The fraction of sp³-hybridized carbons (Fsp3) is 0.462. The second-order valence-electron chi connectivity index (χ2n) is 4.59. The van der Waals surface area contributed by atoms with Gasteiger partial charge in [-0.2, -0.15) is 0 Å². The quantitative estimate of drug-likeness (QED) is 0.804. The molecule has 2 unspecified atom stereocenters. The SMILES string of the molecule is Cc1cccc(C2(C(=O)O)CCC2C)c1. The number of carboxylic acids is 1. The Kier molecular flexibility index (Phi) is 2.29. The first-order chi connectivity index (χ1) is 7.07. The van der Waals surface area contributed by atoms with Crippen molar-refractivity contribution in [3.8, 4) is 0 Å². The summed E-state index contributed by atoms with van der Waals surface area (Å²) in [4.78, 5) is 11.4. The van der Waals surface area contributed by atoms with Crippen LogP contribution in [0.1, 0.15) is 30.9 Å². The Morgan fingerprint density at radius 3 is 2.67 bits per heavy atom. The van der Waals surface area contributed by atoms with Crippen LogP contribution in [0.25, 0.3) is 0 Å². The lowest BCUT2D eigenvalue weighted by molar-refractivity contribution is -0.151. The molecule has 0 heterocycles. The van der Waals surface area contributed by atoms with E-state index >= 15 is 0 Å². The molecule has 1 fully saturated rings. The summed E-state index contributed by atoms with van der Waals surface area (Å²) in [5.41, 5.74) is 1.48. The van der Waals surface area contributed by atoms with Gasteiger partial charge in [-0.25, -0.2) is 0 Å². The molecule has 1 aliphatic rings. The fourth-order valence-corrected chi connectivity index (χ4v) is 2.51. The Morgan fingerprint density at radius 2 is 2.27 bits per heavy atom. The number of benzene rings is 1. The van der Waals surface area contributed by atoms with Crippen molar-refractivity contribution in [3.05, 3.63) is 35.4 Å². The molecule has 1 N–H and O–H groups in total. The minimum Gasteiger partial charge on any atom is -0.481 e. The molecule has 1 aromatic carbocycles. The summed E-state index contributed by atoms with van der Waals surface area (Å²) in [5, 5.41) is 9.40. The van der Waals surface area contributed by atoms with Crippen LogP contribution in [0.2, 0.25) is 0 Å². The van der Waals surface area contributed by atoms with Crippen molar-refractivity contribution in [2.45, 2.75) is 32.1 Å². The van der Waals surface area contributed by atoms with Crippen molar-refractivity contribution in [3.63, 3.8) is 0 Å². The maximum absolute atomic E-state index is 11.4. The van der Waals surface area contributed by atoms with Gasteiger partial charge in [0.25, 0.3) is 0 Å². The molecular formula is C13H16O2. The summed E-state index contributed by atoms with van der Waals surface area (Å²) in [6.45, 7) is 4.03. The maximum atomic E-state index is 11.4. The molecule has 2 heteroatoms. The lowest BCUT2D eigenvalue weighted by Gasteiger charge is -2.45. The Hall–Kier alpha value is -1.31. The van der Waals surface area contributed by atoms with Crippen LogP contribution < -0.4 is 0 Å².